The number of fused-ring (bicyclic) bond motifs is 1. The zero-order valence-corrected chi connectivity index (χ0v) is 19.2. The Morgan fingerprint density at radius 2 is 2.03 bits per heavy atom. The summed E-state index contributed by atoms with van der Waals surface area (Å²) < 4.78 is 17.1. The molecule has 3 atom stereocenters. The molecule has 2 N–H and O–H groups in total. The van der Waals surface area contributed by atoms with Gasteiger partial charge in [0.2, 0.25) is 0 Å². The number of carbonyl (C=O) groups excluding carboxylic acids is 1. The van der Waals surface area contributed by atoms with Gasteiger partial charge in [0.15, 0.2) is 0 Å². The molecule has 4 rings (SSSR count). The normalized spacial score (nSPS) is 19.8. The van der Waals surface area contributed by atoms with Crippen LogP contribution in [0.25, 0.3) is 10.9 Å². The Balaban J connectivity index is 1.29. The van der Waals surface area contributed by atoms with Gasteiger partial charge >= 0.3 is 5.97 Å². The highest BCUT2D eigenvalue weighted by Gasteiger charge is 2.28. The molecule has 33 heavy (non-hydrogen) atoms. The topological polar surface area (TPSA) is 84.0 Å². The maximum absolute atomic E-state index is 12.0. The lowest BCUT2D eigenvalue weighted by molar-refractivity contribution is 0.0155. The van der Waals surface area contributed by atoms with Crippen molar-refractivity contribution in [1.82, 2.24) is 9.88 Å². The number of hydrogen-bond donors (Lipinski definition) is 2. The lowest BCUT2D eigenvalue weighted by Gasteiger charge is -2.38. The number of piperidine rings is 1. The molecule has 7 heteroatoms. The quantitative estimate of drug-likeness (QED) is 0.477. The number of benzene rings is 2. The van der Waals surface area contributed by atoms with E-state index in [1.807, 2.05) is 48.5 Å². The maximum atomic E-state index is 12.0. The summed E-state index contributed by atoms with van der Waals surface area (Å²) >= 11 is 0. The molecule has 3 unspecified atom stereocenters. The van der Waals surface area contributed by atoms with E-state index in [1.54, 1.807) is 13.0 Å². The molecule has 0 aliphatic carbocycles. The van der Waals surface area contributed by atoms with Gasteiger partial charge in [-0.05, 0) is 57.0 Å². The highest BCUT2D eigenvalue weighted by molar-refractivity contribution is 5.97. The monoisotopic (exact) mass is 452 g/mol. The van der Waals surface area contributed by atoms with Gasteiger partial charge in [0, 0.05) is 30.0 Å². The Bertz CT molecular complexity index is 1050. The first-order chi connectivity index (χ1) is 16.0. The van der Waals surface area contributed by atoms with Crippen LogP contribution in [-0.2, 0) is 4.74 Å². The van der Waals surface area contributed by atoms with Gasteiger partial charge in [0.25, 0.3) is 0 Å². The number of aliphatic hydroxyl groups excluding tert-OH is 1. The van der Waals surface area contributed by atoms with Crippen molar-refractivity contribution in [3.05, 3.63) is 60.3 Å². The molecule has 0 radical (unpaired) electrons. The van der Waals surface area contributed by atoms with Crippen molar-refractivity contribution in [3.8, 4) is 11.5 Å². The lowest BCUT2D eigenvalue weighted by Crippen LogP contribution is -2.48. The Morgan fingerprint density at radius 1 is 1.21 bits per heavy atom. The molecule has 1 aliphatic rings. The van der Waals surface area contributed by atoms with Crippen molar-refractivity contribution in [3.63, 3.8) is 0 Å². The zero-order valence-electron chi connectivity index (χ0n) is 19.2. The van der Waals surface area contributed by atoms with Gasteiger partial charge in [-0.15, -0.1) is 0 Å². The van der Waals surface area contributed by atoms with E-state index in [-0.39, 0.29) is 12.7 Å². The molecule has 1 aromatic heterocycles. The van der Waals surface area contributed by atoms with Gasteiger partial charge in [-0.1, -0.05) is 24.3 Å². The molecule has 0 bridgehead atoms. The number of nitrogens with zero attached hydrogens (tertiary/aromatic N) is 1. The molecule has 3 aromatic rings. The molecule has 1 aliphatic heterocycles. The standard InChI is InChI=1S/C26H32N2O5/c1-3-31-26(30)24-15-22-23(27-24)10-7-11-25(22)32-17-19(29)16-28-13-12-21(14-18(28)2)33-20-8-5-4-6-9-20/h4-11,15,18-19,21,27,29H,3,12-14,16-17H2,1-2H3. The predicted molar refractivity (Wildman–Crippen MR) is 127 cm³/mol. The van der Waals surface area contributed by atoms with Crippen molar-refractivity contribution >= 4 is 16.9 Å². The van der Waals surface area contributed by atoms with E-state index in [9.17, 15) is 9.90 Å². The van der Waals surface area contributed by atoms with Crippen molar-refractivity contribution in [1.29, 1.82) is 0 Å². The Morgan fingerprint density at radius 3 is 2.79 bits per heavy atom. The number of para-hydroxylation sites is 1. The van der Waals surface area contributed by atoms with Crippen LogP contribution >= 0.6 is 0 Å². The summed E-state index contributed by atoms with van der Waals surface area (Å²) in [5.41, 5.74) is 1.18. The van der Waals surface area contributed by atoms with Gasteiger partial charge in [-0.2, -0.15) is 0 Å². The molecule has 0 amide bonds. The summed E-state index contributed by atoms with van der Waals surface area (Å²) in [6, 6.07) is 17.5. The average molecular weight is 453 g/mol. The fourth-order valence-electron chi connectivity index (χ4n) is 4.33. The number of ether oxygens (including phenoxy) is 3. The predicted octanol–water partition coefficient (Wildman–Crippen LogP) is 4.02. The van der Waals surface area contributed by atoms with Crippen LogP contribution in [0, 0.1) is 0 Å². The molecule has 1 saturated heterocycles. The summed E-state index contributed by atoms with van der Waals surface area (Å²) in [5, 5.41) is 11.4. The summed E-state index contributed by atoms with van der Waals surface area (Å²) in [6.07, 6.45) is 1.40. The summed E-state index contributed by atoms with van der Waals surface area (Å²) in [5.74, 6) is 1.14. The number of carbonyl (C=O) groups is 1. The molecule has 2 heterocycles. The van der Waals surface area contributed by atoms with Gasteiger partial charge in [0.1, 0.15) is 36.0 Å². The van der Waals surface area contributed by atoms with E-state index in [0.29, 0.717) is 30.6 Å². The molecular weight excluding hydrogens is 420 g/mol. The fraction of sp³-hybridized carbons (Fsp3) is 0.423. The van der Waals surface area contributed by atoms with Crippen molar-refractivity contribution in [2.75, 3.05) is 26.3 Å². The number of aliphatic hydroxyl groups is 1. The van der Waals surface area contributed by atoms with Crippen molar-refractivity contribution in [2.45, 2.75) is 44.9 Å². The first-order valence-electron chi connectivity index (χ1n) is 11.6. The maximum Gasteiger partial charge on any atom is 0.354 e. The third kappa shape index (κ3) is 5.86. The minimum absolute atomic E-state index is 0.173. The molecular formula is C26H32N2O5. The largest absolute Gasteiger partial charge is 0.490 e. The van der Waals surface area contributed by atoms with Crippen LogP contribution in [0.5, 0.6) is 11.5 Å². The highest BCUT2D eigenvalue weighted by Crippen LogP contribution is 2.27. The third-order valence-corrected chi connectivity index (χ3v) is 6.01. The first kappa shape index (κ1) is 23.1. The zero-order chi connectivity index (χ0) is 23.2. The van der Waals surface area contributed by atoms with Crippen molar-refractivity contribution in [2.24, 2.45) is 0 Å². The number of nitrogens with one attached hydrogen (secondary N) is 1. The minimum Gasteiger partial charge on any atom is -0.490 e. The molecule has 2 aromatic carbocycles. The van der Waals surface area contributed by atoms with E-state index in [4.69, 9.17) is 14.2 Å². The molecule has 0 spiro atoms. The van der Waals surface area contributed by atoms with E-state index in [1.165, 1.54) is 0 Å². The summed E-state index contributed by atoms with van der Waals surface area (Å²) in [7, 11) is 0. The number of rotatable bonds is 9. The van der Waals surface area contributed by atoms with E-state index in [0.717, 1.165) is 36.0 Å². The van der Waals surface area contributed by atoms with Crippen LogP contribution in [0.3, 0.4) is 0 Å². The van der Waals surface area contributed by atoms with Crippen LogP contribution in [0.15, 0.2) is 54.6 Å². The number of hydrogen-bond acceptors (Lipinski definition) is 6. The second-order valence-corrected chi connectivity index (χ2v) is 8.51. The highest BCUT2D eigenvalue weighted by atomic mass is 16.5. The number of likely N-dealkylation sites (tertiary alicyclic amines) is 1. The molecule has 0 saturated carbocycles. The van der Waals surface area contributed by atoms with Gasteiger partial charge < -0.3 is 24.3 Å². The molecule has 176 valence electrons. The van der Waals surface area contributed by atoms with E-state index < -0.39 is 12.1 Å². The van der Waals surface area contributed by atoms with Crippen LogP contribution in [0.2, 0.25) is 0 Å². The summed E-state index contributed by atoms with van der Waals surface area (Å²) in [4.78, 5) is 17.4. The van der Waals surface area contributed by atoms with Crippen LogP contribution in [0.1, 0.15) is 37.2 Å². The number of aromatic nitrogens is 1. The van der Waals surface area contributed by atoms with Crippen LogP contribution in [-0.4, -0.2) is 65.5 Å². The Hall–Kier alpha value is -3.03. The second kappa shape index (κ2) is 10.7. The smallest absolute Gasteiger partial charge is 0.354 e. The Kier molecular flexibility index (Phi) is 7.52. The Labute approximate surface area is 194 Å². The van der Waals surface area contributed by atoms with E-state index in [2.05, 4.69) is 16.8 Å². The third-order valence-electron chi connectivity index (χ3n) is 6.01. The summed E-state index contributed by atoms with van der Waals surface area (Å²) in [6.45, 7) is 5.84. The average Bonchev–Trinajstić information content (AvgIpc) is 3.26. The first-order valence-corrected chi connectivity index (χ1v) is 11.6. The van der Waals surface area contributed by atoms with E-state index >= 15 is 0 Å². The number of esters is 1. The second-order valence-electron chi connectivity index (χ2n) is 8.51. The van der Waals surface area contributed by atoms with Crippen LogP contribution < -0.4 is 9.47 Å². The van der Waals surface area contributed by atoms with Gasteiger partial charge in [0.05, 0.1) is 6.61 Å². The fourth-order valence-corrected chi connectivity index (χ4v) is 4.33. The minimum atomic E-state index is -0.627. The van der Waals surface area contributed by atoms with Crippen LogP contribution in [0.4, 0.5) is 0 Å². The molecule has 1 fully saturated rings. The molecule has 7 nitrogen and oxygen atoms in total. The number of H-pyrrole nitrogens is 1. The SMILES string of the molecule is CCOC(=O)c1cc2c(OCC(O)CN3CCC(Oc4ccccc4)CC3C)cccc2[nH]1. The van der Waals surface area contributed by atoms with Gasteiger partial charge in [-0.25, -0.2) is 4.79 Å². The number of aromatic amines is 1. The lowest BCUT2D eigenvalue weighted by atomic mass is 10.00. The van der Waals surface area contributed by atoms with Gasteiger partial charge in [-0.3, -0.25) is 4.90 Å². The van der Waals surface area contributed by atoms with Crippen molar-refractivity contribution < 1.29 is 24.1 Å². The number of β-amino-alcohol motifs (C(OH)–C–C–N with tert-alkyl or cyclic N) is 1.